The van der Waals surface area contributed by atoms with Crippen LogP contribution in [0.25, 0.3) is 16.8 Å². The number of hydrogen-bond acceptors (Lipinski definition) is 4. The van der Waals surface area contributed by atoms with Crippen LogP contribution in [0.15, 0.2) is 59.8 Å². The molecule has 0 saturated heterocycles. The second-order valence-corrected chi connectivity index (χ2v) is 6.05. The van der Waals surface area contributed by atoms with E-state index in [0.29, 0.717) is 16.2 Å². The van der Waals surface area contributed by atoms with E-state index in [4.69, 9.17) is 11.6 Å². The molecule has 0 aliphatic carbocycles. The molecular formula is C18H13ClN4O2. The summed E-state index contributed by atoms with van der Waals surface area (Å²) in [5.41, 5.74) is 2.77. The summed E-state index contributed by atoms with van der Waals surface area (Å²) in [6, 6.07) is 10.8. The van der Waals surface area contributed by atoms with Crippen LogP contribution in [0.4, 0.5) is 0 Å². The number of aromatic amines is 1. The Morgan fingerprint density at radius 3 is 2.56 bits per heavy atom. The summed E-state index contributed by atoms with van der Waals surface area (Å²) in [4.78, 5) is 19.3. The van der Waals surface area contributed by atoms with Crippen LogP contribution in [-0.4, -0.2) is 24.7 Å². The van der Waals surface area contributed by atoms with E-state index in [1.54, 1.807) is 30.7 Å². The third-order valence-electron chi connectivity index (χ3n) is 4.03. The van der Waals surface area contributed by atoms with Gasteiger partial charge in [0.15, 0.2) is 0 Å². The van der Waals surface area contributed by atoms with Crippen LogP contribution in [0.3, 0.4) is 0 Å². The summed E-state index contributed by atoms with van der Waals surface area (Å²) in [5, 5.41) is 15.4. The maximum absolute atomic E-state index is 12.5. The van der Waals surface area contributed by atoms with Crippen LogP contribution in [0.1, 0.15) is 11.1 Å². The number of hydrogen-bond donors (Lipinski definition) is 2. The minimum Gasteiger partial charge on any atom is -0.493 e. The molecule has 3 aromatic heterocycles. The highest BCUT2D eigenvalue weighted by Gasteiger charge is 2.16. The highest BCUT2D eigenvalue weighted by Crippen LogP contribution is 2.26. The van der Waals surface area contributed by atoms with Gasteiger partial charge >= 0.3 is 0 Å². The van der Waals surface area contributed by atoms with E-state index < -0.39 is 0 Å². The molecule has 0 fully saturated rings. The average molecular weight is 353 g/mol. The first kappa shape index (κ1) is 15.4. The van der Waals surface area contributed by atoms with Gasteiger partial charge in [0.2, 0.25) is 5.88 Å². The maximum atomic E-state index is 12.5. The molecule has 0 aliphatic rings. The molecule has 0 amide bonds. The third kappa shape index (κ3) is 2.77. The minimum absolute atomic E-state index is 0.172. The molecule has 0 unspecified atom stereocenters. The van der Waals surface area contributed by atoms with Gasteiger partial charge in [-0.05, 0) is 35.4 Å². The molecule has 2 N–H and O–H groups in total. The predicted octanol–water partition coefficient (Wildman–Crippen LogP) is 3.03. The fourth-order valence-corrected chi connectivity index (χ4v) is 2.88. The van der Waals surface area contributed by atoms with Crippen molar-refractivity contribution in [1.82, 2.24) is 19.6 Å². The number of nitrogens with one attached hydrogen (secondary N) is 1. The van der Waals surface area contributed by atoms with Gasteiger partial charge in [0, 0.05) is 29.4 Å². The SMILES string of the molecule is O=c1[nH]c2c(-c3ccncc3)cnn2c(O)c1Cc1ccc(Cl)cc1. The van der Waals surface area contributed by atoms with Crippen LogP contribution in [0, 0.1) is 0 Å². The number of aromatic hydroxyl groups is 1. The van der Waals surface area contributed by atoms with Crippen molar-refractivity contribution in [3.63, 3.8) is 0 Å². The van der Waals surface area contributed by atoms with E-state index in [1.165, 1.54) is 4.52 Å². The second-order valence-electron chi connectivity index (χ2n) is 5.61. The van der Waals surface area contributed by atoms with Crippen LogP contribution in [-0.2, 0) is 6.42 Å². The predicted molar refractivity (Wildman–Crippen MR) is 95.0 cm³/mol. The molecule has 4 aromatic rings. The second kappa shape index (κ2) is 6.07. The lowest BCUT2D eigenvalue weighted by molar-refractivity contribution is 0.428. The minimum atomic E-state index is -0.351. The third-order valence-corrected chi connectivity index (χ3v) is 4.28. The highest BCUT2D eigenvalue weighted by atomic mass is 35.5. The molecule has 0 radical (unpaired) electrons. The molecule has 0 bridgehead atoms. The number of rotatable bonds is 3. The Kier molecular flexibility index (Phi) is 3.74. The summed E-state index contributed by atoms with van der Waals surface area (Å²) in [7, 11) is 0. The van der Waals surface area contributed by atoms with Crippen molar-refractivity contribution in [3.8, 4) is 17.0 Å². The molecule has 7 heteroatoms. The van der Waals surface area contributed by atoms with E-state index >= 15 is 0 Å². The fourth-order valence-electron chi connectivity index (χ4n) is 2.75. The van der Waals surface area contributed by atoms with Gasteiger partial charge in [-0.2, -0.15) is 9.61 Å². The number of pyridine rings is 1. The molecular weight excluding hydrogens is 340 g/mol. The van der Waals surface area contributed by atoms with E-state index in [-0.39, 0.29) is 23.4 Å². The van der Waals surface area contributed by atoms with Gasteiger partial charge in [-0.1, -0.05) is 23.7 Å². The molecule has 3 heterocycles. The Bertz CT molecular complexity index is 1100. The van der Waals surface area contributed by atoms with Gasteiger partial charge < -0.3 is 10.1 Å². The van der Waals surface area contributed by atoms with Crippen LogP contribution in [0.2, 0.25) is 5.02 Å². The van der Waals surface area contributed by atoms with Crippen LogP contribution < -0.4 is 5.56 Å². The van der Waals surface area contributed by atoms with Crippen LogP contribution >= 0.6 is 11.6 Å². The number of nitrogens with zero attached hydrogens (tertiary/aromatic N) is 3. The Morgan fingerprint density at radius 1 is 1.12 bits per heavy atom. The lowest BCUT2D eigenvalue weighted by Crippen LogP contribution is -2.16. The number of benzene rings is 1. The number of H-pyrrole nitrogens is 1. The zero-order valence-corrected chi connectivity index (χ0v) is 13.7. The summed E-state index contributed by atoms with van der Waals surface area (Å²) in [6.07, 6.45) is 5.20. The van der Waals surface area contributed by atoms with Gasteiger partial charge in [0.25, 0.3) is 5.56 Å². The number of aromatic nitrogens is 4. The van der Waals surface area contributed by atoms with Gasteiger partial charge in [-0.15, -0.1) is 0 Å². The van der Waals surface area contributed by atoms with Crippen LogP contribution in [0.5, 0.6) is 5.88 Å². The van der Waals surface area contributed by atoms with Gasteiger partial charge in [-0.25, -0.2) is 0 Å². The van der Waals surface area contributed by atoms with E-state index in [0.717, 1.165) is 11.1 Å². The summed E-state index contributed by atoms with van der Waals surface area (Å²) < 4.78 is 1.34. The number of halogens is 1. The Balaban J connectivity index is 1.83. The molecule has 1 aromatic carbocycles. The van der Waals surface area contributed by atoms with Gasteiger partial charge in [-0.3, -0.25) is 9.78 Å². The lowest BCUT2D eigenvalue weighted by atomic mass is 10.1. The molecule has 124 valence electrons. The Morgan fingerprint density at radius 2 is 1.84 bits per heavy atom. The van der Waals surface area contributed by atoms with Crippen molar-refractivity contribution in [3.05, 3.63) is 81.5 Å². The summed E-state index contributed by atoms with van der Waals surface area (Å²) >= 11 is 5.88. The van der Waals surface area contributed by atoms with Crippen molar-refractivity contribution < 1.29 is 5.11 Å². The monoisotopic (exact) mass is 352 g/mol. The van der Waals surface area contributed by atoms with Gasteiger partial charge in [0.05, 0.1) is 11.8 Å². The zero-order valence-electron chi connectivity index (χ0n) is 13.0. The normalized spacial score (nSPS) is 11.1. The van der Waals surface area contributed by atoms with E-state index in [9.17, 15) is 9.90 Å². The molecule has 0 spiro atoms. The maximum Gasteiger partial charge on any atom is 0.258 e. The van der Waals surface area contributed by atoms with Crippen molar-refractivity contribution >= 4 is 17.2 Å². The summed E-state index contributed by atoms with van der Waals surface area (Å²) in [5.74, 6) is -0.172. The first-order valence-electron chi connectivity index (χ1n) is 7.60. The largest absolute Gasteiger partial charge is 0.493 e. The molecule has 4 rings (SSSR count). The molecule has 0 aliphatic heterocycles. The first-order valence-corrected chi connectivity index (χ1v) is 7.98. The quantitative estimate of drug-likeness (QED) is 0.593. The van der Waals surface area contributed by atoms with Crippen molar-refractivity contribution in [2.24, 2.45) is 0 Å². The number of fused-ring (bicyclic) bond motifs is 1. The fraction of sp³-hybridized carbons (Fsp3) is 0.0556. The topological polar surface area (TPSA) is 83.3 Å². The van der Waals surface area contributed by atoms with E-state index in [1.807, 2.05) is 24.3 Å². The molecule has 0 saturated carbocycles. The highest BCUT2D eigenvalue weighted by molar-refractivity contribution is 6.30. The molecule has 6 nitrogen and oxygen atoms in total. The molecule has 0 atom stereocenters. The Hall–Kier alpha value is -3.12. The molecule has 25 heavy (non-hydrogen) atoms. The average Bonchev–Trinajstić information content (AvgIpc) is 3.05. The van der Waals surface area contributed by atoms with E-state index in [2.05, 4.69) is 15.1 Å². The standard InChI is InChI=1S/C18H13ClN4O2/c19-13-3-1-11(2-4-13)9-14-17(24)22-16-15(10-21-23(16)18(14)25)12-5-7-20-8-6-12/h1-8,10,25H,9H2,(H,22,24). The Labute approximate surface area is 147 Å². The zero-order chi connectivity index (χ0) is 17.4. The smallest absolute Gasteiger partial charge is 0.258 e. The van der Waals surface area contributed by atoms with Crippen molar-refractivity contribution in [2.45, 2.75) is 6.42 Å². The van der Waals surface area contributed by atoms with Crippen molar-refractivity contribution in [1.29, 1.82) is 0 Å². The first-order chi connectivity index (χ1) is 12.1. The van der Waals surface area contributed by atoms with Crippen molar-refractivity contribution in [2.75, 3.05) is 0 Å². The lowest BCUT2D eigenvalue weighted by Gasteiger charge is -2.07. The van der Waals surface area contributed by atoms with Gasteiger partial charge in [0.1, 0.15) is 5.65 Å². The summed E-state index contributed by atoms with van der Waals surface area (Å²) in [6.45, 7) is 0.